The summed E-state index contributed by atoms with van der Waals surface area (Å²) in [5.41, 5.74) is 2.70. The molecule has 0 bridgehead atoms. The Hall–Kier alpha value is -2.77. The van der Waals surface area contributed by atoms with Gasteiger partial charge < -0.3 is 14.2 Å². The summed E-state index contributed by atoms with van der Waals surface area (Å²) in [4.78, 5) is 11.8. The largest absolute Gasteiger partial charge is 0.378 e. The number of fused-ring (bicyclic) bond motifs is 1. The Morgan fingerprint density at radius 3 is 2.54 bits per heavy atom. The van der Waals surface area contributed by atoms with Crippen molar-refractivity contribution in [3.8, 4) is 22.8 Å². The standard InChI is InChI=1S/C21H17BrN4O2/c22-16-7-5-14(6-8-16)21-24-19(25-28-21)17-13-15-3-1-2-4-18(15)23-20(17)26-9-11-27-12-10-26/h1-8,13H,9-12H2. The molecule has 0 aliphatic carbocycles. The van der Waals surface area contributed by atoms with Gasteiger partial charge in [0.2, 0.25) is 5.82 Å². The van der Waals surface area contributed by atoms with E-state index in [4.69, 9.17) is 14.2 Å². The molecule has 28 heavy (non-hydrogen) atoms. The molecule has 1 saturated heterocycles. The number of ether oxygens (including phenoxy) is 1. The molecule has 0 amide bonds. The monoisotopic (exact) mass is 436 g/mol. The van der Waals surface area contributed by atoms with E-state index in [9.17, 15) is 0 Å². The lowest BCUT2D eigenvalue weighted by atomic mass is 10.1. The van der Waals surface area contributed by atoms with Crippen molar-refractivity contribution in [2.24, 2.45) is 0 Å². The van der Waals surface area contributed by atoms with Crippen molar-refractivity contribution in [3.05, 3.63) is 59.1 Å². The molecular weight excluding hydrogens is 420 g/mol. The number of anilines is 1. The Kier molecular flexibility index (Phi) is 4.54. The minimum Gasteiger partial charge on any atom is -0.378 e. The second kappa shape index (κ2) is 7.33. The summed E-state index contributed by atoms with van der Waals surface area (Å²) >= 11 is 3.45. The van der Waals surface area contributed by atoms with Crippen LogP contribution in [-0.2, 0) is 4.74 Å². The molecule has 0 N–H and O–H groups in total. The van der Waals surface area contributed by atoms with Crippen LogP contribution in [0.1, 0.15) is 0 Å². The first-order valence-electron chi connectivity index (χ1n) is 9.10. The highest BCUT2D eigenvalue weighted by Crippen LogP contribution is 2.32. The normalized spacial score (nSPS) is 14.5. The van der Waals surface area contributed by atoms with E-state index in [1.54, 1.807) is 0 Å². The van der Waals surface area contributed by atoms with Gasteiger partial charge >= 0.3 is 0 Å². The summed E-state index contributed by atoms with van der Waals surface area (Å²) in [6.07, 6.45) is 0. The number of nitrogens with zero attached hydrogens (tertiary/aromatic N) is 4. The third-order valence-corrected chi connectivity index (χ3v) is 5.30. The second-order valence-corrected chi connectivity index (χ2v) is 7.50. The van der Waals surface area contributed by atoms with Gasteiger partial charge in [0.15, 0.2) is 0 Å². The third-order valence-electron chi connectivity index (χ3n) is 4.77. The average Bonchev–Trinajstić information content (AvgIpc) is 3.24. The Labute approximate surface area is 170 Å². The van der Waals surface area contributed by atoms with Crippen LogP contribution >= 0.6 is 15.9 Å². The van der Waals surface area contributed by atoms with E-state index < -0.39 is 0 Å². The summed E-state index contributed by atoms with van der Waals surface area (Å²) in [6.45, 7) is 2.94. The summed E-state index contributed by atoms with van der Waals surface area (Å²) in [5.74, 6) is 1.89. The predicted molar refractivity (Wildman–Crippen MR) is 111 cm³/mol. The van der Waals surface area contributed by atoms with Crippen molar-refractivity contribution in [1.29, 1.82) is 0 Å². The molecule has 7 heteroatoms. The zero-order valence-corrected chi connectivity index (χ0v) is 16.6. The first-order valence-corrected chi connectivity index (χ1v) is 9.90. The molecule has 140 valence electrons. The van der Waals surface area contributed by atoms with Crippen LogP contribution < -0.4 is 4.90 Å². The lowest BCUT2D eigenvalue weighted by molar-refractivity contribution is 0.122. The fourth-order valence-electron chi connectivity index (χ4n) is 3.33. The highest BCUT2D eigenvalue weighted by Gasteiger charge is 2.21. The Bertz CT molecular complexity index is 1120. The van der Waals surface area contributed by atoms with Crippen molar-refractivity contribution >= 4 is 32.7 Å². The van der Waals surface area contributed by atoms with Crippen LogP contribution in [0.4, 0.5) is 5.82 Å². The van der Waals surface area contributed by atoms with Gasteiger partial charge in [-0.1, -0.05) is 39.3 Å². The number of morpholine rings is 1. The molecule has 0 unspecified atom stereocenters. The van der Waals surface area contributed by atoms with Crippen molar-refractivity contribution in [2.75, 3.05) is 31.2 Å². The molecular formula is C21H17BrN4O2. The van der Waals surface area contributed by atoms with Crippen molar-refractivity contribution in [1.82, 2.24) is 15.1 Å². The first kappa shape index (κ1) is 17.3. The fourth-order valence-corrected chi connectivity index (χ4v) is 3.59. The number of halogens is 1. The van der Waals surface area contributed by atoms with Gasteiger partial charge in [-0.3, -0.25) is 0 Å². The molecule has 1 fully saturated rings. The van der Waals surface area contributed by atoms with Gasteiger partial charge in [0, 0.05) is 28.5 Å². The Morgan fingerprint density at radius 2 is 1.71 bits per heavy atom. The molecule has 0 radical (unpaired) electrons. The van der Waals surface area contributed by atoms with E-state index in [2.05, 4.69) is 37.0 Å². The molecule has 1 aliphatic rings. The van der Waals surface area contributed by atoms with E-state index in [0.717, 1.165) is 45.4 Å². The molecule has 3 heterocycles. The van der Waals surface area contributed by atoms with Crippen LogP contribution in [0.2, 0.25) is 0 Å². The predicted octanol–water partition coefficient (Wildman–Crippen LogP) is 4.55. The maximum atomic E-state index is 5.55. The van der Waals surface area contributed by atoms with Gasteiger partial charge in [-0.2, -0.15) is 4.98 Å². The highest BCUT2D eigenvalue weighted by atomic mass is 79.9. The number of benzene rings is 2. The fraction of sp³-hybridized carbons (Fsp3) is 0.190. The molecule has 2 aromatic carbocycles. The van der Waals surface area contributed by atoms with E-state index in [-0.39, 0.29) is 0 Å². The van der Waals surface area contributed by atoms with Crippen LogP contribution in [-0.4, -0.2) is 41.4 Å². The SMILES string of the molecule is Brc1ccc(-c2nc(-c3cc4ccccc4nc3N3CCOCC3)no2)cc1. The van der Waals surface area contributed by atoms with Crippen LogP contribution in [0.25, 0.3) is 33.7 Å². The van der Waals surface area contributed by atoms with E-state index in [1.807, 2.05) is 48.5 Å². The zero-order valence-electron chi connectivity index (χ0n) is 15.0. The molecule has 5 rings (SSSR count). The molecule has 6 nitrogen and oxygen atoms in total. The number of rotatable bonds is 3. The number of aromatic nitrogens is 3. The van der Waals surface area contributed by atoms with E-state index in [1.165, 1.54) is 0 Å². The average molecular weight is 437 g/mol. The summed E-state index contributed by atoms with van der Waals surface area (Å²) < 4.78 is 12.1. The van der Waals surface area contributed by atoms with Gasteiger partial charge in [0.05, 0.1) is 24.3 Å². The first-order chi connectivity index (χ1) is 13.8. The Morgan fingerprint density at radius 1 is 0.929 bits per heavy atom. The van der Waals surface area contributed by atoms with Crippen LogP contribution in [0.15, 0.2) is 63.6 Å². The lowest BCUT2D eigenvalue weighted by Crippen LogP contribution is -2.37. The summed E-state index contributed by atoms with van der Waals surface area (Å²) in [7, 11) is 0. The molecule has 2 aromatic heterocycles. The van der Waals surface area contributed by atoms with Crippen LogP contribution in [0.5, 0.6) is 0 Å². The maximum Gasteiger partial charge on any atom is 0.258 e. The smallest absolute Gasteiger partial charge is 0.258 e. The minimum absolute atomic E-state index is 0.489. The molecule has 0 spiro atoms. The third kappa shape index (κ3) is 3.27. The van der Waals surface area contributed by atoms with Crippen molar-refractivity contribution in [3.63, 3.8) is 0 Å². The van der Waals surface area contributed by atoms with Gasteiger partial charge in [0.25, 0.3) is 5.89 Å². The van der Waals surface area contributed by atoms with Crippen molar-refractivity contribution < 1.29 is 9.26 Å². The highest BCUT2D eigenvalue weighted by molar-refractivity contribution is 9.10. The van der Waals surface area contributed by atoms with E-state index in [0.29, 0.717) is 24.9 Å². The maximum absolute atomic E-state index is 5.55. The lowest BCUT2D eigenvalue weighted by Gasteiger charge is -2.29. The number of hydrogen-bond acceptors (Lipinski definition) is 6. The quantitative estimate of drug-likeness (QED) is 0.469. The zero-order chi connectivity index (χ0) is 18.9. The van der Waals surface area contributed by atoms with Crippen molar-refractivity contribution in [2.45, 2.75) is 0 Å². The Balaban J connectivity index is 1.62. The van der Waals surface area contributed by atoms with Crippen LogP contribution in [0.3, 0.4) is 0 Å². The summed E-state index contributed by atoms with van der Waals surface area (Å²) in [6, 6.07) is 18.0. The molecule has 1 aliphatic heterocycles. The molecule has 0 saturated carbocycles. The van der Waals surface area contributed by atoms with Gasteiger partial charge in [0.1, 0.15) is 5.82 Å². The minimum atomic E-state index is 0.489. The molecule has 4 aromatic rings. The molecule has 0 atom stereocenters. The second-order valence-electron chi connectivity index (χ2n) is 6.58. The number of pyridine rings is 1. The topological polar surface area (TPSA) is 64.3 Å². The summed E-state index contributed by atoms with van der Waals surface area (Å²) in [5, 5.41) is 5.30. The number of para-hydroxylation sites is 1. The van der Waals surface area contributed by atoms with Gasteiger partial charge in [-0.15, -0.1) is 0 Å². The number of hydrogen-bond donors (Lipinski definition) is 0. The van der Waals surface area contributed by atoms with E-state index >= 15 is 0 Å². The van der Waals surface area contributed by atoms with Crippen LogP contribution in [0, 0.1) is 0 Å². The van der Waals surface area contributed by atoms with Gasteiger partial charge in [-0.05, 0) is 36.4 Å². The van der Waals surface area contributed by atoms with Gasteiger partial charge in [-0.25, -0.2) is 4.98 Å².